The number of carbonyl (C=O) groups excluding carboxylic acids is 1. The van der Waals surface area contributed by atoms with E-state index in [-0.39, 0.29) is 17.2 Å². The van der Waals surface area contributed by atoms with Crippen LogP contribution in [0.15, 0.2) is 82.7 Å². The van der Waals surface area contributed by atoms with Crippen LogP contribution in [0.5, 0.6) is 11.5 Å². The number of anilines is 1. The lowest BCUT2D eigenvalue weighted by atomic mass is 10.1. The van der Waals surface area contributed by atoms with E-state index in [0.29, 0.717) is 39.8 Å². The number of fused-ring (bicyclic) bond motifs is 1. The largest absolute Gasteiger partial charge is 0.493 e. The molecule has 0 aliphatic heterocycles. The van der Waals surface area contributed by atoms with E-state index >= 15 is 0 Å². The molecule has 1 N–H and O–H groups in total. The normalized spacial score (nSPS) is 10.8. The summed E-state index contributed by atoms with van der Waals surface area (Å²) in [6, 6.07) is 22.7. The van der Waals surface area contributed by atoms with Crippen LogP contribution in [-0.4, -0.2) is 35.4 Å². The van der Waals surface area contributed by atoms with Crippen molar-refractivity contribution < 1.29 is 14.3 Å². The lowest BCUT2D eigenvalue weighted by Gasteiger charge is -2.14. The van der Waals surface area contributed by atoms with Crippen molar-refractivity contribution in [1.82, 2.24) is 9.55 Å². The third-order valence-corrected chi connectivity index (χ3v) is 6.49. The van der Waals surface area contributed by atoms with Gasteiger partial charge in [0.25, 0.3) is 5.56 Å². The van der Waals surface area contributed by atoms with Gasteiger partial charge in [-0.25, -0.2) is 4.98 Å². The van der Waals surface area contributed by atoms with Gasteiger partial charge in [-0.3, -0.25) is 14.2 Å². The van der Waals surface area contributed by atoms with Crippen LogP contribution in [0.2, 0.25) is 0 Å². The molecule has 0 spiro atoms. The van der Waals surface area contributed by atoms with Gasteiger partial charge in [0, 0.05) is 18.3 Å². The Hall–Kier alpha value is -3.78. The summed E-state index contributed by atoms with van der Waals surface area (Å²) >= 11 is 1.25. The topological polar surface area (TPSA) is 82.5 Å². The predicted molar refractivity (Wildman–Crippen MR) is 140 cm³/mol. The highest BCUT2D eigenvalue weighted by Gasteiger charge is 2.14. The molecule has 0 saturated carbocycles. The van der Waals surface area contributed by atoms with Gasteiger partial charge in [-0.15, -0.1) is 0 Å². The molecule has 180 valence electrons. The third kappa shape index (κ3) is 6.02. The minimum Gasteiger partial charge on any atom is -0.493 e. The highest BCUT2D eigenvalue weighted by Crippen LogP contribution is 2.30. The zero-order valence-corrected chi connectivity index (χ0v) is 20.5. The summed E-state index contributed by atoms with van der Waals surface area (Å²) in [5.74, 6) is 1.01. The molecule has 0 unspecified atom stereocenters. The molecule has 1 aromatic heterocycles. The predicted octanol–water partition coefficient (Wildman–Crippen LogP) is 4.78. The lowest BCUT2D eigenvalue weighted by molar-refractivity contribution is -0.113. The summed E-state index contributed by atoms with van der Waals surface area (Å²) in [7, 11) is 3.10. The highest BCUT2D eigenvalue weighted by molar-refractivity contribution is 7.99. The lowest BCUT2D eigenvalue weighted by Crippen LogP contribution is -2.24. The van der Waals surface area contributed by atoms with Crippen LogP contribution >= 0.6 is 11.8 Å². The van der Waals surface area contributed by atoms with Crippen LogP contribution in [0.4, 0.5) is 5.69 Å². The number of carbonyl (C=O) groups is 1. The summed E-state index contributed by atoms with van der Waals surface area (Å²) in [4.78, 5) is 30.6. The summed E-state index contributed by atoms with van der Waals surface area (Å²) in [6.45, 7) is 0.519. The van der Waals surface area contributed by atoms with Gasteiger partial charge in [0.05, 0.1) is 30.9 Å². The monoisotopic (exact) mass is 489 g/mol. The maximum Gasteiger partial charge on any atom is 0.262 e. The number of thioether (sulfide) groups is 1. The van der Waals surface area contributed by atoms with E-state index in [2.05, 4.69) is 17.4 Å². The molecule has 35 heavy (non-hydrogen) atoms. The molecular weight excluding hydrogens is 462 g/mol. The van der Waals surface area contributed by atoms with Crippen LogP contribution in [0.3, 0.4) is 0 Å². The van der Waals surface area contributed by atoms with E-state index in [4.69, 9.17) is 14.5 Å². The molecule has 0 radical (unpaired) electrons. The number of hydrogen-bond donors (Lipinski definition) is 1. The molecule has 0 aliphatic carbocycles. The Bertz CT molecular complexity index is 1370. The fourth-order valence-electron chi connectivity index (χ4n) is 3.78. The molecular formula is C27H27N3O4S. The molecule has 4 aromatic rings. The van der Waals surface area contributed by atoms with Gasteiger partial charge in [-0.05, 0) is 42.7 Å². The van der Waals surface area contributed by atoms with E-state index in [1.807, 2.05) is 36.4 Å². The number of rotatable bonds is 10. The number of hydrogen-bond acceptors (Lipinski definition) is 6. The van der Waals surface area contributed by atoms with Crippen molar-refractivity contribution in [3.8, 4) is 11.5 Å². The zero-order chi connectivity index (χ0) is 24.6. The van der Waals surface area contributed by atoms with Crippen molar-refractivity contribution in [2.75, 3.05) is 25.3 Å². The van der Waals surface area contributed by atoms with Gasteiger partial charge in [0.2, 0.25) is 5.91 Å². The summed E-state index contributed by atoms with van der Waals surface area (Å²) in [5.41, 5.74) is 2.35. The fourth-order valence-corrected chi connectivity index (χ4v) is 4.61. The summed E-state index contributed by atoms with van der Waals surface area (Å²) in [5, 5.41) is 3.97. The minimum atomic E-state index is -0.208. The van der Waals surface area contributed by atoms with E-state index in [1.165, 1.54) is 17.3 Å². The molecule has 4 rings (SSSR count). The van der Waals surface area contributed by atoms with Crippen molar-refractivity contribution in [1.29, 1.82) is 0 Å². The molecule has 1 amide bonds. The zero-order valence-electron chi connectivity index (χ0n) is 19.7. The second-order valence-corrected chi connectivity index (χ2v) is 8.81. The number of para-hydroxylation sites is 1. The SMILES string of the molecule is COc1ccc(NC(=O)CSc2nc3ccccc3c(=O)n2CCCc2ccccc2)cc1OC. The summed E-state index contributed by atoms with van der Waals surface area (Å²) < 4.78 is 12.2. The number of amides is 1. The van der Waals surface area contributed by atoms with Crippen molar-refractivity contribution in [2.24, 2.45) is 0 Å². The minimum absolute atomic E-state index is 0.0912. The average molecular weight is 490 g/mol. The molecule has 7 nitrogen and oxygen atoms in total. The van der Waals surface area contributed by atoms with E-state index < -0.39 is 0 Å². The van der Waals surface area contributed by atoms with Gasteiger partial charge in [-0.1, -0.05) is 54.2 Å². The van der Waals surface area contributed by atoms with Crippen LogP contribution in [-0.2, 0) is 17.8 Å². The van der Waals surface area contributed by atoms with E-state index in [0.717, 1.165) is 12.8 Å². The maximum absolute atomic E-state index is 13.2. The Balaban J connectivity index is 1.49. The molecule has 0 aliphatic rings. The molecule has 3 aromatic carbocycles. The average Bonchev–Trinajstić information content (AvgIpc) is 2.89. The Morgan fingerprint density at radius 3 is 2.49 bits per heavy atom. The number of benzene rings is 3. The Morgan fingerprint density at radius 2 is 1.71 bits per heavy atom. The first kappa shape index (κ1) is 24.3. The van der Waals surface area contributed by atoms with E-state index in [9.17, 15) is 9.59 Å². The first-order valence-electron chi connectivity index (χ1n) is 11.3. The number of aryl methyl sites for hydroxylation is 1. The van der Waals surface area contributed by atoms with Gasteiger partial charge in [0.1, 0.15) is 0 Å². The third-order valence-electron chi connectivity index (χ3n) is 5.52. The number of ether oxygens (including phenoxy) is 2. The first-order chi connectivity index (χ1) is 17.1. The van der Waals surface area contributed by atoms with Crippen molar-refractivity contribution in [3.05, 3.63) is 88.7 Å². The van der Waals surface area contributed by atoms with Crippen LogP contribution < -0.4 is 20.3 Å². The number of nitrogens with one attached hydrogen (secondary N) is 1. The maximum atomic E-state index is 13.2. The molecule has 0 atom stereocenters. The molecule has 8 heteroatoms. The standard InChI is InChI=1S/C27H27N3O4S/c1-33-23-15-14-20(17-24(23)34-2)28-25(31)18-35-27-29-22-13-7-6-12-21(22)26(32)30(27)16-8-11-19-9-4-3-5-10-19/h3-7,9-10,12-15,17H,8,11,16,18H2,1-2H3,(H,28,31). The number of methoxy groups -OCH3 is 2. The van der Waals surface area contributed by atoms with Crippen LogP contribution in [0.25, 0.3) is 10.9 Å². The number of aromatic nitrogens is 2. The second kappa shape index (κ2) is 11.6. The Kier molecular flexibility index (Phi) is 8.05. The first-order valence-corrected chi connectivity index (χ1v) is 12.3. The molecule has 1 heterocycles. The highest BCUT2D eigenvalue weighted by atomic mass is 32.2. The molecule has 0 bridgehead atoms. The quantitative estimate of drug-likeness (QED) is 0.255. The molecule has 0 fully saturated rings. The molecule has 0 saturated heterocycles. The van der Waals surface area contributed by atoms with Gasteiger partial charge in [-0.2, -0.15) is 0 Å². The smallest absolute Gasteiger partial charge is 0.262 e. The second-order valence-electron chi connectivity index (χ2n) is 7.86. The Morgan fingerprint density at radius 1 is 0.971 bits per heavy atom. The van der Waals surface area contributed by atoms with Crippen LogP contribution in [0, 0.1) is 0 Å². The Labute approximate surface area is 208 Å². The summed E-state index contributed by atoms with van der Waals surface area (Å²) in [6.07, 6.45) is 1.64. The number of nitrogens with zero attached hydrogens (tertiary/aromatic N) is 2. The van der Waals surface area contributed by atoms with E-state index in [1.54, 1.807) is 43.1 Å². The van der Waals surface area contributed by atoms with Crippen LogP contribution in [0.1, 0.15) is 12.0 Å². The fraction of sp³-hybridized carbons (Fsp3) is 0.222. The van der Waals surface area contributed by atoms with Crippen molar-refractivity contribution >= 4 is 34.3 Å². The van der Waals surface area contributed by atoms with Gasteiger partial charge in [0.15, 0.2) is 16.7 Å². The van der Waals surface area contributed by atoms with Gasteiger partial charge >= 0.3 is 0 Å². The van der Waals surface area contributed by atoms with Crippen molar-refractivity contribution in [3.63, 3.8) is 0 Å². The van der Waals surface area contributed by atoms with Crippen molar-refractivity contribution in [2.45, 2.75) is 24.5 Å². The van der Waals surface area contributed by atoms with Gasteiger partial charge < -0.3 is 14.8 Å².